The highest BCUT2D eigenvalue weighted by molar-refractivity contribution is 7.80. The van der Waals surface area contributed by atoms with Gasteiger partial charge in [0.25, 0.3) is 0 Å². The molecule has 1 aliphatic rings. The third kappa shape index (κ3) is 5.36. The molecule has 0 radical (unpaired) electrons. The molecule has 0 aliphatic carbocycles. The van der Waals surface area contributed by atoms with Crippen molar-refractivity contribution in [1.29, 1.82) is 0 Å². The lowest BCUT2D eigenvalue weighted by atomic mass is 10.1. The zero-order chi connectivity index (χ0) is 17.0. The quantitative estimate of drug-likeness (QED) is 0.452. The summed E-state index contributed by atoms with van der Waals surface area (Å²) in [5.41, 5.74) is 0.412. The second-order valence-corrected chi connectivity index (χ2v) is 12.0. The maximum absolute atomic E-state index is 3.85. The molecular formula is C16H38N4P2. The summed E-state index contributed by atoms with van der Waals surface area (Å²) in [6.45, 7) is 20.9. The van der Waals surface area contributed by atoms with Gasteiger partial charge >= 0.3 is 0 Å². The Hall–Kier alpha value is 0.700. The van der Waals surface area contributed by atoms with Crippen LogP contribution in [0.25, 0.3) is 0 Å². The molecule has 1 rings (SSSR count). The summed E-state index contributed by atoms with van der Waals surface area (Å²) in [5, 5.41) is 7.69. The molecule has 0 unspecified atom stereocenters. The molecule has 4 nitrogen and oxygen atoms in total. The third-order valence-electron chi connectivity index (χ3n) is 3.48. The maximum Gasteiger partial charge on any atom is 0.130 e. The molecule has 1 heterocycles. The van der Waals surface area contributed by atoms with Crippen molar-refractivity contribution in [1.82, 2.24) is 19.1 Å². The summed E-state index contributed by atoms with van der Waals surface area (Å²) < 4.78 is 5.43. The molecule has 0 aromatic heterocycles. The lowest BCUT2D eigenvalue weighted by molar-refractivity contribution is 0.272. The Morgan fingerprint density at radius 3 is 1.23 bits per heavy atom. The van der Waals surface area contributed by atoms with E-state index in [1.165, 1.54) is 25.7 Å². The van der Waals surface area contributed by atoms with Crippen LogP contribution in [-0.2, 0) is 0 Å². The first-order valence-corrected chi connectivity index (χ1v) is 11.3. The monoisotopic (exact) mass is 348 g/mol. The topological polar surface area (TPSA) is 30.5 Å². The number of hydrogen-bond donors (Lipinski definition) is 2. The zero-order valence-corrected chi connectivity index (χ0v) is 17.8. The van der Waals surface area contributed by atoms with Crippen LogP contribution in [-0.4, -0.2) is 33.0 Å². The van der Waals surface area contributed by atoms with E-state index in [1.807, 2.05) is 0 Å². The van der Waals surface area contributed by atoms with E-state index >= 15 is 0 Å². The van der Waals surface area contributed by atoms with Crippen molar-refractivity contribution in [2.24, 2.45) is 0 Å². The first kappa shape index (κ1) is 20.7. The molecule has 0 aromatic rings. The summed E-state index contributed by atoms with van der Waals surface area (Å²) in [5.74, 6) is 0. The minimum absolute atomic E-state index is 0.206. The van der Waals surface area contributed by atoms with E-state index in [0.717, 1.165) is 13.1 Å². The van der Waals surface area contributed by atoms with E-state index in [4.69, 9.17) is 0 Å². The van der Waals surface area contributed by atoms with E-state index < -0.39 is 0 Å². The van der Waals surface area contributed by atoms with Gasteiger partial charge in [-0.05, 0) is 54.4 Å². The Morgan fingerprint density at radius 1 is 0.682 bits per heavy atom. The zero-order valence-electron chi connectivity index (χ0n) is 16.0. The van der Waals surface area contributed by atoms with Gasteiger partial charge in [-0.2, -0.15) is 0 Å². The molecule has 2 N–H and O–H groups in total. The minimum Gasteiger partial charge on any atom is -0.270 e. The van der Waals surface area contributed by atoms with E-state index in [0.29, 0.717) is 0 Å². The number of nitrogens with zero attached hydrogens (tertiary/aromatic N) is 2. The number of rotatable bonds is 8. The average molecular weight is 348 g/mol. The van der Waals surface area contributed by atoms with Crippen molar-refractivity contribution in [2.75, 3.05) is 13.1 Å². The third-order valence-corrected chi connectivity index (χ3v) is 10.4. The molecule has 132 valence electrons. The van der Waals surface area contributed by atoms with E-state index in [-0.39, 0.29) is 27.8 Å². The van der Waals surface area contributed by atoms with Crippen LogP contribution >= 0.6 is 16.7 Å². The Labute approximate surface area is 141 Å². The normalized spacial score (nSPS) is 24.5. The summed E-state index contributed by atoms with van der Waals surface area (Å²) in [4.78, 5) is 0. The molecule has 0 atom stereocenters. The van der Waals surface area contributed by atoms with Crippen LogP contribution in [0, 0.1) is 0 Å². The van der Waals surface area contributed by atoms with E-state index in [1.54, 1.807) is 0 Å². The van der Waals surface area contributed by atoms with Gasteiger partial charge in [0, 0.05) is 24.2 Å². The van der Waals surface area contributed by atoms with Crippen LogP contribution < -0.4 is 10.2 Å². The van der Waals surface area contributed by atoms with Gasteiger partial charge in [-0.15, -0.1) is 0 Å². The maximum atomic E-state index is 3.85. The van der Waals surface area contributed by atoms with Gasteiger partial charge in [0.15, 0.2) is 0 Å². The molecule has 0 saturated carbocycles. The van der Waals surface area contributed by atoms with Crippen molar-refractivity contribution >= 4 is 16.7 Å². The molecular weight excluding hydrogens is 310 g/mol. The molecule has 22 heavy (non-hydrogen) atoms. The molecule has 1 saturated heterocycles. The summed E-state index contributed by atoms with van der Waals surface area (Å²) in [6.07, 6.45) is 5.03. The second kappa shape index (κ2) is 8.70. The Balaban J connectivity index is 2.85. The van der Waals surface area contributed by atoms with Gasteiger partial charge in [0.1, 0.15) is 16.7 Å². The Morgan fingerprint density at radius 2 is 1.00 bits per heavy atom. The van der Waals surface area contributed by atoms with Crippen LogP contribution in [0.5, 0.6) is 0 Å². The largest absolute Gasteiger partial charge is 0.270 e. The molecule has 1 fully saturated rings. The first-order valence-electron chi connectivity index (χ1n) is 8.82. The number of hydrogen-bond acceptors (Lipinski definition) is 4. The highest BCUT2D eigenvalue weighted by Gasteiger charge is 2.55. The lowest BCUT2D eigenvalue weighted by Crippen LogP contribution is -2.58. The fourth-order valence-electron chi connectivity index (χ4n) is 2.41. The second-order valence-electron chi connectivity index (χ2n) is 8.02. The number of nitrogens with one attached hydrogen (secondary N) is 2. The fourth-order valence-corrected chi connectivity index (χ4v) is 8.74. The standard InChI is InChI=1S/C16H38N4P2/c1-9-11-13-17-21-19(15(3,4)5)22(18-14-12-10-2)20(21)16(6,7)8/h17-18H,9-14H2,1-8H3. The Kier molecular flexibility index (Phi) is 8.20. The molecule has 6 heteroatoms. The van der Waals surface area contributed by atoms with Crippen LogP contribution in [0.4, 0.5) is 0 Å². The van der Waals surface area contributed by atoms with Crippen LogP contribution in [0.2, 0.25) is 0 Å². The smallest absolute Gasteiger partial charge is 0.130 e. The molecule has 0 aromatic carbocycles. The number of unbranched alkanes of at least 4 members (excludes halogenated alkanes) is 2. The van der Waals surface area contributed by atoms with Crippen molar-refractivity contribution in [3.63, 3.8) is 0 Å². The van der Waals surface area contributed by atoms with Crippen LogP contribution in [0.15, 0.2) is 0 Å². The predicted molar refractivity (Wildman–Crippen MR) is 103 cm³/mol. The molecule has 1 aliphatic heterocycles. The van der Waals surface area contributed by atoms with E-state index in [9.17, 15) is 0 Å². The summed E-state index contributed by atoms with van der Waals surface area (Å²) in [6, 6.07) is 0. The van der Waals surface area contributed by atoms with Crippen LogP contribution in [0.1, 0.15) is 81.1 Å². The molecule has 0 spiro atoms. The highest BCUT2D eigenvalue weighted by atomic mass is 31.3. The van der Waals surface area contributed by atoms with Crippen molar-refractivity contribution in [3.05, 3.63) is 0 Å². The SMILES string of the molecule is CCCCNP1N(C(C)(C)C)P(NCCCC)N1C(C)(C)C. The van der Waals surface area contributed by atoms with Gasteiger partial charge in [-0.25, -0.2) is 8.88 Å². The van der Waals surface area contributed by atoms with Gasteiger partial charge in [0.05, 0.1) is 0 Å². The first-order chi connectivity index (χ1) is 10.1. The van der Waals surface area contributed by atoms with Crippen molar-refractivity contribution in [2.45, 2.75) is 92.2 Å². The van der Waals surface area contributed by atoms with Crippen molar-refractivity contribution < 1.29 is 0 Å². The van der Waals surface area contributed by atoms with Crippen molar-refractivity contribution in [3.8, 4) is 0 Å². The predicted octanol–water partition coefficient (Wildman–Crippen LogP) is 5.43. The van der Waals surface area contributed by atoms with Gasteiger partial charge in [-0.1, -0.05) is 26.7 Å². The molecule has 0 amide bonds. The molecule has 0 bridgehead atoms. The van der Waals surface area contributed by atoms with Gasteiger partial charge in [0.2, 0.25) is 0 Å². The minimum atomic E-state index is -0.390. The average Bonchev–Trinajstić information content (AvgIpc) is 2.32. The van der Waals surface area contributed by atoms with Gasteiger partial charge < -0.3 is 0 Å². The Bertz CT molecular complexity index is 285. The van der Waals surface area contributed by atoms with Gasteiger partial charge in [-0.3, -0.25) is 10.2 Å². The van der Waals surface area contributed by atoms with Crippen LogP contribution in [0.3, 0.4) is 0 Å². The highest BCUT2D eigenvalue weighted by Crippen LogP contribution is 2.77. The fraction of sp³-hybridized carbons (Fsp3) is 1.00. The van der Waals surface area contributed by atoms with E-state index in [2.05, 4.69) is 74.4 Å². The summed E-state index contributed by atoms with van der Waals surface area (Å²) >= 11 is 0. The summed E-state index contributed by atoms with van der Waals surface area (Å²) in [7, 11) is -0.779. The lowest BCUT2D eigenvalue weighted by Gasteiger charge is -2.64.